The van der Waals surface area contributed by atoms with Crippen LogP contribution in [0, 0.1) is 5.92 Å². The Kier molecular flexibility index (Phi) is 3.96. The topological polar surface area (TPSA) is 38.2 Å². The first-order valence-electron chi connectivity index (χ1n) is 5.52. The van der Waals surface area contributed by atoms with Crippen LogP contribution in [0.25, 0.3) is 0 Å². The van der Waals surface area contributed by atoms with Crippen LogP contribution in [0.5, 0.6) is 0 Å². The Morgan fingerprint density at radius 3 is 3.06 bits per heavy atom. The molecule has 1 fully saturated rings. The molecule has 5 heteroatoms. The van der Waals surface area contributed by atoms with E-state index in [2.05, 4.69) is 15.1 Å². The first-order valence-corrected chi connectivity index (χ1v) is 5.90. The second-order valence-electron chi connectivity index (χ2n) is 4.12. The summed E-state index contributed by atoms with van der Waals surface area (Å²) in [4.78, 5) is 2.25. The number of nitrogens with zero attached hydrogens (tertiary/aromatic N) is 3. The minimum Gasteiger partial charge on any atom is -0.384 e. The fraction of sp³-hybridized carbons (Fsp3) is 0.636. The minimum absolute atomic E-state index is 0.439. The van der Waals surface area contributed by atoms with Crippen LogP contribution in [0.2, 0.25) is 5.15 Å². The summed E-state index contributed by atoms with van der Waals surface area (Å²) in [5, 5.41) is 8.41. The Morgan fingerprint density at radius 1 is 1.50 bits per heavy atom. The monoisotopic (exact) mass is 241 g/mol. The van der Waals surface area contributed by atoms with Gasteiger partial charge in [-0.1, -0.05) is 11.6 Å². The van der Waals surface area contributed by atoms with E-state index in [-0.39, 0.29) is 0 Å². The van der Waals surface area contributed by atoms with Gasteiger partial charge in [0, 0.05) is 20.2 Å². The molecular weight excluding hydrogens is 226 g/mol. The van der Waals surface area contributed by atoms with Crippen molar-refractivity contribution in [3.63, 3.8) is 0 Å². The number of aromatic nitrogens is 2. The van der Waals surface area contributed by atoms with Crippen molar-refractivity contribution in [2.75, 3.05) is 31.7 Å². The lowest BCUT2D eigenvalue weighted by atomic mass is 9.99. The van der Waals surface area contributed by atoms with Crippen LogP contribution in [0.3, 0.4) is 0 Å². The third kappa shape index (κ3) is 2.83. The van der Waals surface area contributed by atoms with Gasteiger partial charge in [-0.3, -0.25) is 0 Å². The molecule has 0 radical (unpaired) electrons. The average Bonchev–Trinajstić information content (AvgIpc) is 2.31. The molecule has 0 N–H and O–H groups in total. The molecule has 2 rings (SSSR count). The van der Waals surface area contributed by atoms with Crippen molar-refractivity contribution in [1.82, 2.24) is 10.2 Å². The van der Waals surface area contributed by atoms with Crippen LogP contribution in [-0.4, -0.2) is 37.0 Å². The van der Waals surface area contributed by atoms with Gasteiger partial charge in [0.1, 0.15) is 0 Å². The molecular formula is C11H16ClN3O. The molecule has 0 aromatic carbocycles. The molecule has 1 atom stereocenters. The molecule has 0 saturated carbocycles. The number of hydrogen-bond donors (Lipinski definition) is 0. The van der Waals surface area contributed by atoms with Crippen LogP contribution in [-0.2, 0) is 4.74 Å². The summed E-state index contributed by atoms with van der Waals surface area (Å²) in [7, 11) is 1.75. The van der Waals surface area contributed by atoms with Crippen molar-refractivity contribution in [1.29, 1.82) is 0 Å². The lowest BCUT2D eigenvalue weighted by molar-refractivity contribution is 0.143. The predicted molar refractivity (Wildman–Crippen MR) is 63.9 cm³/mol. The smallest absolute Gasteiger partial charge is 0.151 e. The highest BCUT2D eigenvalue weighted by Gasteiger charge is 2.20. The highest BCUT2D eigenvalue weighted by molar-refractivity contribution is 6.29. The van der Waals surface area contributed by atoms with Crippen molar-refractivity contribution in [2.24, 2.45) is 5.92 Å². The first-order chi connectivity index (χ1) is 7.79. The number of hydrogen-bond acceptors (Lipinski definition) is 4. The van der Waals surface area contributed by atoms with E-state index in [9.17, 15) is 0 Å². The van der Waals surface area contributed by atoms with E-state index in [1.165, 1.54) is 12.8 Å². The number of methoxy groups -OCH3 is 1. The maximum atomic E-state index is 5.72. The number of piperidine rings is 1. The first kappa shape index (κ1) is 11.6. The fourth-order valence-corrected chi connectivity index (χ4v) is 2.22. The Balaban J connectivity index is 2.01. The Labute approximate surface area is 101 Å². The van der Waals surface area contributed by atoms with Crippen LogP contribution >= 0.6 is 11.6 Å². The summed E-state index contributed by atoms with van der Waals surface area (Å²) < 4.78 is 5.20. The molecule has 1 aliphatic heterocycles. The SMILES string of the molecule is COCC1CCCN(c2ccc(Cl)nn2)C1. The zero-order valence-corrected chi connectivity index (χ0v) is 10.2. The van der Waals surface area contributed by atoms with Crippen LogP contribution in [0.4, 0.5) is 5.82 Å². The third-order valence-corrected chi connectivity index (χ3v) is 3.06. The predicted octanol–water partition coefficient (Wildman–Crippen LogP) is 1.99. The number of rotatable bonds is 3. The third-order valence-electron chi connectivity index (χ3n) is 2.86. The van der Waals surface area contributed by atoms with Crippen LogP contribution < -0.4 is 4.90 Å². The summed E-state index contributed by atoms with van der Waals surface area (Å²) in [6.45, 7) is 2.85. The fourth-order valence-electron chi connectivity index (χ4n) is 2.12. The second kappa shape index (κ2) is 5.46. The van der Waals surface area contributed by atoms with Gasteiger partial charge in [-0.25, -0.2) is 0 Å². The molecule has 2 heterocycles. The van der Waals surface area contributed by atoms with Gasteiger partial charge >= 0.3 is 0 Å². The molecule has 4 nitrogen and oxygen atoms in total. The van der Waals surface area contributed by atoms with Crippen molar-refractivity contribution in [3.05, 3.63) is 17.3 Å². The molecule has 0 amide bonds. The molecule has 1 aliphatic rings. The van der Waals surface area contributed by atoms with Gasteiger partial charge in [-0.2, -0.15) is 0 Å². The lowest BCUT2D eigenvalue weighted by Crippen LogP contribution is -2.37. The molecule has 1 aromatic heterocycles. The van der Waals surface area contributed by atoms with Crippen molar-refractivity contribution in [3.8, 4) is 0 Å². The highest BCUT2D eigenvalue weighted by atomic mass is 35.5. The summed E-state index contributed by atoms with van der Waals surface area (Å²) >= 11 is 5.72. The van der Waals surface area contributed by atoms with Gasteiger partial charge in [0.15, 0.2) is 11.0 Å². The van der Waals surface area contributed by atoms with Gasteiger partial charge in [-0.05, 0) is 30.9 Å². The Morgan fingerprint density at radius 2 is 2.38 bits per heavy atom. The second-order valence-corrected chi connectivity index (χ2v) is 4.51. The number of halogens is 1. The highest BCUT2D eigenvalue weighted by Crippen LogP contribution is 2.21. The van der Waals surface area contributed by atoms with E-state index in [0.717, 1.165) is 25.5 Å². The van der Waals surface area contributed by atoms with Crippen molar-refractivity contribution < 1.29 is 4.74 Å². The van der Waals surface area contributed by atoms with Gasteiger partial charge in [-0.15, -0.1) is 10.2 Å². The Bertz CT molecular complexity index is 329. The zero-order valence-electron chi connectivity index (χ0n) is 9.40. The maximum absolute atomic E-state index is 5.72. The van der Waals surface area contributed by atoms with E-state index in [1.54, 1.807) is 13.2 Å². The summed E-state index contributed by atoms with van der Waals surface area (Å²) in [6.07, 6.45) is 2.41. The summed E-state index contributed by atoms with van der Waals surface area (Å²) in [5.41, 5.74) is 0. The van der Waals surface area contributed by atoms with E-state index >= 15 is 0 Å². The number of ether oxygens (including phenoxy) is 1. The van der Waals surface area contributed by atoms with Gasteiger partial charge in [0.25, 0.3) is 0 Å². The molecule has 0 spiro atoms. The lowest BCUT2D eigenvalue weighted by Gasteiger charge is -2.32. The van der Waals surface area contributed by atoms with Crippen molar-refractivity contribution >= 4 is 17.4 Å². The Hall–Kier alpha value is -0.870. The minimum atomic E-state index is 0.439. The average molecular weight is 242 g/mol. The normalized spacial score (nSPS) is 21.1. The van der Waals surface area contributed by atoms with E-state index < -0.39 is 0 Å². The van der Waals surface area contributed by atoms with E-state index in [0.29, 0.717) is 11.1 Å². The van der Waals surface area contributed by atoms with Crippen molar-refractivity contribution in [2.45, 2.75) is 12.8 Å². The molecule has 88 valence electrons. The summed E-state index contributed by atoms with van der Waals surface area (Å²) in [5.74, 6) is 1.50. The quantitative estimate of drug-likeness (QED) is 0.811. The van der Waals surface area contributed by atoms with Crippen LogP contribution in [0.15, 0.2) is 12.1 Å². The summed E-state index contributed by atoms with van der Waals surface area (Å²) in [6, 6.07) is 3.70. The molecule has 1 saturated heterocycles. The standard InChI is InChI=1S/C11H16ClN3O/c1-16-8-9-3-2-6-15(7-9)11-5-4-10(12)13-14-11/h4-5,9H,2-3,6-8H2,1H3. The maximum Gasteiger partial charge on any atom is 0.151 e. The van der Waals surface area contributed by atoms with Gasteiger partial charge in [0.05, 0.1) is 6.61 Å². The number of anilines is 1. The van der Waals surface area contributed by atoms with E-state index in [1.807, 2.05) is 6.07 Å². The molecule has 0 aliphatic carbocycles. The largest absolute Gasteiger partial charge is 0.384 e. The molecule has 16 heavy (non-hydrogen) atoms. The molecule has 0 bridgehead atoms. The van der Waals surface area contributed by atoms with Gasteiger partial charge in [0.2, 0.25) is 0 Å². The van der Waals surface area contributed by atoms with Crippen LogP contribution in [0.1, 0.15) is 12.8 Å². The zero-order chi connectivity index (χ0) is 11.4. The molecule has 1 unspecified atom stereocenters. The van der Waals surface area contributed by atoms with E-state index in [4.69, 9.17) is 16.3 Å². The molecule has 1 aromatic rings. The van der Waals surface area contributed by atoms with Gasteiger partial charge < -0.3 is 9.64 Å².